The molecule has 0 bridgehead atoms. The van der Waals surface area contributed by atoms with Gasteiger partial charge >= 0.3 is 0 Å². The fraction of sp³-hybridized carbons (Fsp3) is 0.545. The summed E-state index contributed by atoms with van der Waals surface area (Å²) in [5.74, 6) is 0.0987. The van der Waals surface area contributed by atoms with E-state index in [0.29, 0.717) is 5.69 Å². The number of Topliss-reactive ketones (excluding diaryl/α,β-unsaturated/α-hetero) is 1. The third-order valence-electron chi connectivity index (χ3n) is 2.73. The van der Waals surface area contributed by atoms with Crippen molar-refractivity contribution >= 4 is 5.78 Å². The van der Waals surface area contributed by atoms with Gasteiger partial charge in [-0.15, -0.1) is 0 Å². The summed E-state index contributed by atoms with van der Waals surface area (Å²) >= 11 is 0. The van der Waals surface area contributed by atoms with Crippen LogP contribution in [0.4, 0.5) is 0 Å². The lowest BCUT2D eigenvalue weighted by Crippen LogP contribution is -2.42. The van der Waals surface area contributed by atoms with E-state index in [1.807, 2.05) is 12.1 Å². The highest BCUT2D eigenvalue weighted by molar-refractivity contribution is 5.92. The van der Waals surface area contributed by atoms with Crippen molar-refractivity contribution in [3.8, 4) is 0 Å². The van der Waals surface area contributed by atoms with Gasteiger partial charge < -0.3 is 10.3 Å². The Bertz CT molecular complexity index is 339. The zero-order chi connectivity index (χ0) is 10.7. The smallest absolute Gasteiger partial charge is 0.175 e. The molecule has 0 atom stereocenters. The van der Waals surface area contributed by atoms with Gasteiger partial charge in [0.15, 0.2) is 5.78 Å². The van der Waals surface area contributed by atoms with Gasteiger partial charge in [-0.1, -0.05) is 0 Å². The van der Waals surface area contributed by atoms with Crippen LogP contribution in [0.1, 0.15) is 23.1 Å². The minimum Gasteiger partial charge on any atom is -0.355 e. The van der Waals surface area contributed by atoms with Gasteiger partial charge in [-0.25, -0.2) is 0 Å². The minimum atomic E-state index is 0.0987. The monoisotopic (exact) mass is 207 g/mol. The largest absolute Gasteiger partial charge is 0.355 e. The molecule has 0 amide bonds. The molecule has 0 unspecified atom stereocenters. The quantitative estimate of drug-likeness (QED) is 0.714. The normalized spacial score (nSPS) is 17.9. The van der Waals surface area contributed by atoms with Crippen LogP contribution in [-0.2, 0) is 6.54 Å². The maximum Gasteiger partial charge on any atom is 0.175 e. The summed E-state index contributed by atoms with van der Waals surface area (Å²) in [6.07, 6.45) is 0. The zero-order valence-corrected chi connectivity index (χ0v) is 9.05. The number of nitrogens with zero attached hydrogens (tertiary/aromatic N) is 1. The van der Waals surface area contributed by atoms with Crippen LogP contribution in [0, 0.1) is 0 Å². The molecule has 1 fully saturated rings. The second-order valence-electron chi connectivity index (χ2n) is 3.98. The third-order valence-corrected chi connectivity index (χ3v) is 2.73. The summed E-state index contributed by atoms with van der Waals surface area (Å²) in [4.78, 5) is 16.6. The van der Waals surface area contributed by atoms with Crippen molar-refractivity contribution in [1.82, 2.24) is 15.2 Å². The van der Waals surface area contributed by atoms with Crippen molar-refractivity contribution in [3.63, 3.8) is 0 Å². The van der Waals surface area contributed by atoms with E-state index >= 15 is 0 Å². The Morgan fingerprint density at radius 3 is 2.73 bits per heavy atom. The van der Waals surface area contributed by atoms with Crippen molar-refractivity contribution < 1.29 is 4.79 Å². The van der Waals surface area contributed by atoms with Crippen molar-refractivity contribution in [2.24, 2.45) is 0 Å². The number of hydrogen-bond acceptors (Lipinski definition) is 3. The van der Waals surface area contributed by atoms with Gasteiger partial charge in [0, 0.05) is 45.3 Å². The SMILES string of the molecule is CC(=O)c1ccc(CN2CCNCC2)[nH]1. The Hall–Kier alpha value is -1.13. The first-order valence-electron chi connectivity index (χ1n) is 5.37. The van der Waals surface area contributed by atoms with Crippen molar-refractivity contribution in [3.05, 3.63) is 23.5 Å². The number of carbonyl (C=O) groups is 1. The highest BCUT2D eigenvalue weighted by atomic mass is 16.1. The summed E-state index contributed by atoms with van der Waals surface area (Å²) in [5, 5.41) is 3.32. The van der Waals surface area contributed by atoms with Crippen molar-refractivity contribution in [1.29, 1.82) is 0 Å². The van der Waals surface area contributed by atoms with Gasteiger partial charge in [0.2, 0.25) is 0 Å². The second kappa shape index (κ2) is 4.59. The Morgan fingerprint density at radius 1 is 1.40 bits per heavy atom. The van der Waals surface area contributed by atoms with Crippen LogP contribution in [0.25, 0.3) is 0 Å². The molecule has 1 saturated heterocycles. The van der Waals surface area contributed by atoms with E-state index in [9.17, 15) is 4.79 Å². The highest BCUT2D eigenvalue weighted by Crippen LogP contribution is 2.06. The van der Waals surface area contributed by atoms with E-state index in [1.54, 1.807) is 6.92 Å². The number of piperazine rings is 1. The maximum absolute atomic E-state index is 11.1. The first kappa shape index (κ1) is 10.4. The Morgan fingerprint density at radius 2 is 2.13 bits per heavy atom. The van der Waals surface area contributed by atoms with E-state index in [1.165, 1.54) is 0 Å². The topological polar surface area (TPSA) is 48.1 Å². The Labute approximate surface area is 89.7 Å². The maximum atomic E-state index is 11.1. The van der Waals surface area contributed by atoms with Gasteiger partial charge in [0.25, 0.3) is 0 Å². The summed E-state index contributed by atoms with van der Waals surface area (Å²) in [6.45, 7) is 6.76. The fourth-order valence-corrected chi connectivity index (χ4v) is 1.85. The zero-order valence-electron chi connectivity index (χ0n) is 9.05. The average Bonchev–Trinajstić information content (AvgIpc) is 2.68. The lowest BCUT2D eigenvalue weighted by Gasteiger charge is -2.26. The fourth-order valence-electron chi connectivity index (χ4n) is 1.85. The molecule has 2 N–H and O–H groups in total. The lowest BCUT2D eigenvalue weighted by atomic mass is 10.3. The van der Waals surface area contributed by atoms with Gasteiger partial charge in [-0.3, -0.25) is 9.69 Å². The number of aromatic nitrogens is 1. The van der Waals surface area contributed by atoms with Crippen LogP contribution in [0.5, 0.6) is 0 Å². The standard InChI is InChI=1S/C11H17N3O/c1-9(15)11-3-2-10(13-11)8-14-6-4-12-5-7-14/h2-3,12-13H,4-8H2,1H3. The molecule has 0 aliphatic carbocycles. The summed E-state index contributed by atoms with van der Waals surface area (Å²) in [6, 6.07) is 3.86. The predicted molar refractivity (Wildman–Crippen MR) is 58.9 cm³/mol. The molecule has 4 nitrogen and oxygen atoms in total. The first-order chi connectivity index (χ1) is 7.25. The number of rotatable bonds is 3. The number of carbonyl (C=O) groups excluding carboxylic acids is 1. The van der Waals surface area contributed by atoms with Gasteiger partial charge in [0.1, 0.15) is 0 Å². The summed E-state index contributed by atoms with van der Waals surface area (Å²) in [7, 11) is 0. The summed E-state index contributed by atoms with van der Waals surface area (Å²) in [5.41, 5.74) is 1.84. The third kappa shape index (κ3) is 2.67. The highest BCUT2D eigenvalue weighted by Gasteiger charge is 2.11. The molecule has 2 rings (SSSR count). The second-order valence-corrected chi connectivity index (χ2v) is 3.98. The molecule has 0 aromatic carbocycles. The first-order valence-corrected chi connectivity index (χ1v) is 5.37. The van der Waals surface area contributed by atoms with Crippen LogP contribution >= 0.6 is 0 Å². The number of nitrogens with one attached hydrogen (secondary N) is 2. The molecule has 1 aromatic rings. The van der Waals surface area contributed by atoms with Gasteiger partial charge in [-0.05, 0) is 12.1 Å². The molecule has 15 heavy (non-hydrogen) atoms. The van der Waals surface area contributed by atoms with Crippen LogP contribution in [-0.4, -0.2) is 41.8 Å². The summed E-state index contributed by atoms with van der Waals surface area (Å²) < 4.78 is 0. The minimum absolute atomic E-state index is 0.0987. The van der Waals surface area contributed by atoms with E-state index < -0.39 is 0 Å². The van der Waals surface area contributed by atoms with E-state index in [0.717, 1.165) is 38.4 Å². The van der Waals surface area contributed by atoms with E-state index in [2.05, 4.69) is 15.2 Å². The molecule has 1 aliphatic rings. The number of aromatic amines is 1. The molecule has 0 spiro atoms. The van der Waals surface area contributed by atoms with Crippen LogP contribution in [0.15, 0.2) is 12.1 Å². The Balaban J connectivity index is 1.94. The molecule has 0 saturated carbocycles. The van der Waals surface area contributed by atoms with E-state index in [-0.39, 0.29) is 5.78 Å². The molecule has 0 radical (unpaired) electrons. The van der Waals surface area contributed by atoms with Gasteiger partial charge in [-0.2, -0.15) is 0 Å². The molecular formula is C11H17N3O. The molecular weight excluding hydrogens is 190 g/mol. The molecule has 4 heteroatoms. The van der Waals surface area contributed by atoms with Crippen molar-refractivity contribution in [2.45, 2.75) is 13.5 Å². The average molecular weight is 207 g/mol. The van der Waals surface area contributed by atoms with Crippen LogP contribution < -0.4 is 5.32 Å². The van der Waals surface area contributed by atoms with Crippen LogP contribution in [0.3, 0.4) is 0 Å². The molecule has 82 valence electrons. The van der Waals surface area contributed by atoms with E-state index in [4.69, 9.17) is 0 Å². The molecule has 1 aliphatic heterocycles. The predicted octanol–water partition coefficient (Wildman–Crippen LogP) is 0.622. The Kier molecular flexibility index (Phi) is 3.18. The number of ketones is 1. The number of H-pyrrole nitrogens is 1. The van der Waals surface area contributed by atoms with Crippen LogP contribution in [0.2, 0.25) is 0 Å². The van der Waals surface area contributed by atoms with Gasteiger partial charge in [0.05, 0.1) is 5.69 Å². The molecule has 1 aromatic heterocycles. The van der Waals surface area contributed by atoms with Crippen molar-refractivity contribution in [2.75, 3.05) is 26.2 Å². The lowest BCUT2D eigenvalue weighted by molar-refractivity contribution is 0.101. The molecule has 2 heterocycles. The number of hydrogen-bond donors (Lipinski definition) is 2.